The molecule has 0 saturated carbocycles. The summed E-state index contributed by atoms with van der Waals surface area (Å²) in [5.41, 5.74) is 1.97. The maximum Gasteiger partial charge on any atom is 0.315 e. The standard InChI is InChI=1S/C23H29N5OS/c1-18-9-11-27(12-10-18)21(22-8-5-13-30-22)16-25-23(29)24-14-19-15-26-28(17-19)20-6-3-2-4-7-20/h2-8,13,15,17-18,21H,9-12,14,16H2,1H3,(H2,24,25,29). The molecule has 7 heteroatoms. The number of carbonyl (C=O) groups excluding carboxylic acids is 1. The van der Waals surface area contributed by atoms with Gasteiger partial charge in [-0.05, 0) is 55.4 Å². The molecule has 158 valence electrons. The molecule has 30 heavy (non-hydrogen) atoms. The number of benzene rings is 1. The van der Waals surface area contributed by atoms with Crippen LogP contribution in [0, 0.1) is 5.92 Å². The maximum atomic E-state index is 12.4. The van der Waals surface area contributed by atoms with Gasteiger partial charge in [-0.3, -0.25) is 4.90 Å². The third-order valence-corrected chi connectivity index (χ3v) is 6.67. The van der Waals surface area contributed by atoms with Crippen molar-refractivity contribution in [1.29, 1.82) is 0 Å². The largest absolute Gasteiger partial charge is 0.336 e. The maximum absolute atomic E-state index is 12.4. The van der Waals surface area contributed by atoms with Crippen LogP contribution in [-0.2, 0) is 6.54 Å². The van der Waals surface area contributed by atoms with Crippen molar-refractivity contribution < 1.29 is 4.79 Å². The second kappa shape index (κ2) is 9.91. The third-order valence-electron chi connectivity index (χ3n) is 5.70. The smallest absolute Gasteiger partial charge is 0.315 e. The highest BCUT2D eigenvalue weighted by Crippen LogP contribution is 2.29. The number of urea groups is 1. The summed E-state index contributed by atoms with van der Waals surface area (Å²) in [5, 5.41) is 12.5. The Morgan fingerprint density at radius 3 is 2.70 bits per heavy atom. The Labute approximate surface area is 181 Å². The minimum Gasteiger partial charge on any atom is -0.336 e. The van der Waals surface area contributed by atoms with Gasteiger partial charge < -0.3 is 10.6 Å². The van der Waals surface area contributed by atoms with Crippen molar-refractivity contribution in [1.82, 2.24) is 25.3 Å². The molecule has 0 aliphatic carbocycles. The molecule has 0 spiro atoms. The van der Waals surface area contributed by atoms with Crippen molar-refractivity contribution in [3.05, 3.63) is 70.7 Å². The Morgan fingerprint density at radius 1 is 1.17 bits per heavy atom. The van der Waals surface area contributed by atoms with Gasteiger partial charge in [0.2, 0.25) is 0 Å². The normalized spacial score (nSPS) is 16.3. The van der Waals surface area contributed by atoms with Gasteiger partial charge in [0.1, 0.15) is 0 Å². The third kappa shape index (κ3) is 5.29. The van der Waals surface area contributed by atoms with E-state index in [1.165, 1.54) is 17.7 Å². The van der Waals surface area contributed by atoms with Gasteiger partial charge in [-0.25, -0.2) is 9.48 Å². The number of thiophene rings is 1. The van der Waals surface area contributed by atoms with Gasteiger partial charge in [0.15, 0.2) is 0 Å². The number of likely N-dealkylation sites (tertiary alicyclic amines) is 1. The molecule has 2 N–H and O–H groups in total. The molecule has 6 nitrogen and oxygen atoms in total. The number of piperidine rings is 1. The van der Waals surface area contributed by atoms with Gasteiger partial charge >= 0.3 is 6.03 Å². The van der Waals surface area contributed by atoms with Crippen LogP contribution in [0.25, 0.3) is 5.69 Å². The topological polar surface area (TPSA) is 62.2 Å². The van der Waals surface area contributed by atoms with Crippen LogP contribution >= 0.6 is 11.3 Å². The quantitative estimate of drug-likeness (QED) is 0.599. The summed E-state index contributed by atoms with van der Waals surface area (Å²) in [4.78, 5) is 16.3. The average molecular weight is 424 g/mol. The van der Waals surface area contributed by atoms with Gasteiger partial charge in [-0.2, -0.15) is 5.10 Å². The molecule has 0 bridgehead atoms. The number of hydrogen-bond donors (Lipinski definition) is 2. The van der Waals surface area contributed by atoms with Crippen LogP contribution in [-0.4, -0.2) is 40.3 Å². The first-order valence-electron chi connectivity index (χ1n) is 10.6. The van der Waals surface area contributed by atoms with Crippen molar-refractivity contribution in [2.75, 3.05) is 19.6 Å². The average Bonchev–Trinajstić information content (AvgIpc) is 3.47. The number of aromatic nitrogens is 2. The minimum atomic E-state index is -0.144. The molecule has 2 amide bonds. The summed E-state index contributed by atoms with van der Waals surface area (Å²) >= 11 is 1.76. The predicted octanol–water partition coefficient (Wildman–Crippen LogP) is 4.21. The van der Waals surface area contributed by atoms with Crippen LogP contribution in [0.5, 0.6) is 0 Å². The Kier molecular flexibility index (Phi) is 6.81. The van der Waals surface area contributed by atoms with E-state index >= 15 is 0 Å². The molecule has 0 radical (unpaired) electrons. The number of hydrogen-bond acceptors (Lipinski definition) is 4. The Balaban J connectivity index is 1.29. The molecule has 1 aromatic carbocycles. The SMILES string of the molecule is CC1CCN(C(CNC(=O)NCc2cnn(-c3ccccc3)c2)c2cccs2)CC1. The molecule has 1 fully saturated rings. The van der Waals surface area contributed by atoms with Crippen molar-refractivity contribution in [2.45, 2.75) is 32.4 Å². The summed E-state index contributed by atoms with van der Waals surface area (Å²) in [6.07, 6.45) is 6.18. The summed E-state index contributed by atoms with van der Waals surface area (Å²) in [6.45, 7) is 5.56. The predicted molar refractivity (Wildman–Crippen MR) is 121 cm³/mol. The molecule has 4 rings (SSSR count). The molecule has 1 aliphatic heterocycles. The van der Waals surface area contributed by atoms with E-state index < -0.39 is 0 Å². The number of nitrogens with one attached hydrogen (secondary N) is 2. The van der Waals surface area contributed by atoms with Crippen molar-refractivity contribution in [3.8, 4) is 5.69 Å². The molecule has 3 heterocycles. The summed E-state index contributed by atoms with van der Waals surface area (Å²) < 4.78 is 1.82. The molecule has 2 aromatic heterocycles. The van der Waals surface area contributed by atoms with Crippen LogP contribution in [0.4, 0.5) is 4.79 Å². The van der Waals surface area contributed by atoms with E-state index in [0.29, 0.717) is 13.1 Å². The fourth-order valence-corrected chi connectivity index (χ4v) is 4.70. The summed E-state index contributed by atoms with van der Waals surface area (Å²) in [7, 11) is 0. The molecule has 1 aliphatic rings. The first-order valence-corrected chi connectivity index (χ1v) is 11.4. The van der Waals surface area contributed by atoms with Gasteiger partial charge in [0.05, 0.1) is 17.9 Å². The number of nitrogens with zero attached hydrogens (tertiary/aromatic N) is 3. The molecular formula is C23H29N5OS. The molecule has 1 atom stereocenters. The van der Waals surface area contributed by atoms with E-state index in [9.17, 15) is 4.79 Å². The van der Waals surface area contributed by atoms with Gasteiger partial charge in [-0.1, -0.05) is 31.2 Å². The number of carbonyl (C=O) groups is 1. The van der Waals surface area contributed by atoms with E-state index in [2.05, 4.69) is 45.1 Å². The van der Waals surface area contributed by atoms with Gasteiger partial charge in [0.25, 0.3) is 0 Å². The van der Waals surface area contributed by atoms with E-state index in [1.807, 2.05) is 41.2 Å². The summed E-state index contributed by atoms with van der Waals surface area (Å²) in [6, 6.07) is 14.3. The van der Waals surface area contributed by atoms with Crippen molar-refractivity contribution in [3.63, 3.8) is 0 Å². The Morgan fingerprint density at radius 2 is 1.97 bits per heavy atom. The number of rotatable bonds is 7. The minimum absolute atomic E-state index is 0.144. The van der Waals surface area contributed by atoms with Crippen molar-refractivity contribution >= 4 is 17.4 Å². The highest BCUT2D eigenvalue weighted by molar-refractivity contribution is 7.10. The van der Waals surface area contributed by atoms with Crippen molar-refractivity contribution in [2.24, 2.45) is 5.92 Å². The second-order valence-corrected chi connectivity index (χ2v) is 8.92. The number of para-hydroxylation sites is 1. The van der Waals surface area contributed by atoms with E-state index in [1.54, 1.807) is 17.5 Å². The zero-order valence-corrected chi connectivity index (χ0v) is 18.1. The molecule has 1 unspecified atom stereocenters. The first-order chi connectivity index (χ1) is 14.7. The van der Waals surface area contributed by atoms with E-state index in [4.69, 9.17) is 0 Å². The lowest BCUT2D eigenvalue weighted by Crippen LogP contribution is -2.44. The molecular weight excluding hydrogens is 394 g/mol. The highest BCUT2D eigenvalue weighted by atomic mass is 32.1. The fraction of sp³-hybridized carbons (Fsp3) is 0.391. The Bertz CT molecular complexity index is 916. The van der Waals surface area contributed by atoms with Gasteiger partial charge in [-0.15, -0.1) is 11.3 Å². The number of amides is 2. The lowest BCUT2D eigenvalue weighted by Gasteiger charge is -2.36. The van der Waals surface area contributed by atoms with E-state index in [0.717, 1.165) is 30.3 Å². The lowest BCUT2D eigenvalue weighted by atomic mass is 9.97. The lowest BCUT2D eigenvalue weighted by molar-refractivity contribution is 0.138. The highest BCUT2D eigenvalue weighted by Gasteiger charge is 2.25. The summed E-state index contributed by atoms with van der Waals surface area (Å²) in [5.74, 6) is 0.790. The molecule has 1 saturated heterocycles. The molecule has 3 aromatic rings. The fourth-order valence-electron chi connectivity index (χ4n) is 3.84. The zero-order chi connectivity index (χ0) is 20.8. The van der Waals surface area contributed by atoms with Crippen LogP contribution in [0.1, 0.15) is 36.2 Å². The zero-order valence-electron chi connectivity index (χ0n) is 17.3. The van der Waals surface area contributed by atoms with E-state index in [-0.39, 0.29) is 12.1 Å². The van der Waals surface area contributed by atoms with Crippen LogP contribution in [0.2, 0.25) is 0 Å². The van der Waals surface area contributed by atoms with Crippen LogP contribution in [0.3, 0.4) is 0 Å². The van der Waals surface area contributed by atoms with Gasteiger partial charge in [0, 0.05) is 29.7 Å². The second-order valence-electron chi connectivity index (χ2n) is 7.94. The monoisotopic (exact) mass is 423 g/mol. The van der Waals surface area contributed by atoms with Crippen LogP contribution < -0.4 is 10.6 Å². The first kappa shape index (κ1) is 20.6. The Hall–Kier alpha value is -2.64. The van der Waals surface area contributed by atoms with Crippen LogP contribution in [0.15, 0.2) is 60.2 Å².